The van der Waals surface area contributed by atoms with E-state index in [-0.39, 0.29) is 28.9 Å². The number of nitrogens with zero attached hydrogens (tertiary/aromatic N) is 1. The minimum absolute atomic E-state index is 0.0329. The number of nitrogens with one attached hydrogen (secondary N) is 1. The maximum atomic E-state index is 11.9. The highest BCUT2D eigenvalue weighted by Crippen LogP contribution is 2.22. The molecule has 0 aliphatic rings. The number of ether oxygens (including phenoxy) is 1. The van der Waals surface area contributed by atoms with E-state index in [2.05, 4.69) is 5.32 Å². The molecule has 0 saturated carbocycles. The maximum Gasteiger partial charge on any atom is 0.292 e. The molecule has 0 aliphatic carbocycles. The van der Waals surface area contributed by atoms with E-state index in [4.69, 9.17) is 10.5 Å². The minimum Gasteiger partial charge on any atom is -0.393 e. The van der Waals surface area contributed by atoms with Crippen molar-refractivity contribution >= 4 is 17.3 Å². The van der Waals surface area contributed by atoms with Crippen molar-refractivity contribution in [1.29, 1.82) is 0 Å². The van der Waals surface area contributed by atoms with Crippen LogP contribution in [0.25, 0.3) is 0 Å². The number of rotatable bonds is 6. The van der Waals surface area contributed by atoms with Gasteiger partial charge in [0.25, 0.3) is 11.6 Å². The molecule has 0 saturated heterocycles. The van der Waals surface area contributed by atoms with Crippen molar-refractivity contribution < 1.29 is 14.5 Å². The fourth-order valence-corrected chi connectivity index (χ4v) is 1.57. The van der Waals surface area contributed by atoms with Crippen LogP contribution in [-0.4, -0.2) is 30.6 Å². The zero-order chi connectivity index (χ0) is 14.4. The topological polar surface area (TPSA) is 107 Å². The molecule has 0 aromatic heterocycles. The summed E-state index contributed by atoms with van der Waals surface area (Å²) in [5, 5.41) is 13.5. The summed E-state index contributed by atoms with van der Waals surface area (Å²) in [5.41, 5.74) is 5.44. The number of anilines is 1. The molecular formula is C12H17N3O4. The number of carbonyl (C=O) groups is 1. The third-order valence-electron chi connectivity index (χ3n) is 2.69. The smallest absolute Gasteiger partial charge is 0.292 e. The van der Waals surface area contributed by atoms with Crippen LogP contribution in [0.15, 0.2) is 18.2 Å². The lowest BCUT2D eigenvalue weighted by Crippen LogP contribution is -2.37. The van der Waals surface area contributed by atoms with Gasteiger partial charge in [-0.15, -0.1) is 0 Å². The minimum atomic E-state index is -0.613. The molecule has 1 unspecified atom stereocenters. The van der Waals surface area contributed by atoms with Crippen molar-refractivity contribution in [3.63, 3.8) is 0 Å². The monoisotopic (exact) mass is 267 g/mol. The Morgan fingerprint density at radius 2 is 2.26 bits per heavy atom. The van der Waals surface area contributed by atoms with Crippen LogP contribution in [-0.2, 0) is 4.74 Å². The molecule has 1 atom stereocenters. The van der Waals surface area contributed by atoms with E-state index in [0.717, 1.165) is 0 Å². The van der Waals surface area contributed by atoms with Gasteiger partial charge < -0.3 is 15.8 Å². The van der Waals surface area contributed by atoms with Crippen LogP contribution in [0, 0.1) is 10.1 Å². The summed E-state index contributed by atoms with van der Waals surface area (Å²) in [6, 6.07) is 3.85. The number of hydrogen-bond acceptors (Lipinski definition) is 5. The van der Waals surface area contributed by atoms with E-state index in [1.165, 1.54) is 18.2 Å². The number of methoxy groups -OCH3 is 1. The van der Waals surface area contributed by atoms with E-state index in [0.29, 0.717) is 13.0 Å². The van der Waals surface area contributed by atoms with Gasteiger partial charge in [0.15, 0.2) is 0 Å². The first-order valence-corrected chi connectivity index (χ1v) is 5.83. The maximum absolute atomic E-state index is 11.9. The Bertz CT molecular complexity index is 476. The van der Waals surface area contributed by atoms with Gasteiger partial charge in [-0.05, 0) is 18.6 Å². The summed E-state index contributed by atoms with van der Waals surface area (Å²) in [5.74, 6) is -0.382. The lowest BCUT2D eigenvalue weighted by atomic mass is 10.1. The van der Waals surface area contributed by atoms with Crippen molar-refractivity contribution in [2.75, 3.05) is 19.5 Å². The summed E-state index contributed by atoms with van der Waals surface area (Å²) >= 11 is 0. The number of amides is 1. The molecule has 1 amide bonds. The van der Waals surface area contributed by atoms with Crippen molar-refractivity contribution in [3.8, 4) is 0 Å². The molecule has 0 bridgehead atoms. The van der Waals surface area contributed by atoms with Gasteiger partial charge in [0.1, 0.15) is 5.69 Å². The highest BCUT2D eigenvalue weighted by Gasteiger charge is 2.17. The molecule has 3 N–H and O–H groups in total. The van der Waals surface area contributed by atoms with E-state index < -0.39 is 4.92 Å². The van der Waals surface area contributed by atoms with E-state index in [1.807, 2.05) is 6.92 Å². The summed E-state index contributed by atoms with van der Waals surface area (Å²) < 4.78 is 4.97. The summed E-state index contributed by atoms with van der Waals surface area (Å²) in [4.78, 5) is 22.1. The fraction of sp³-hybridized carbons (Fsp3) is 0.417. The highest BCUT2D eigenvalue weighted by molar-refractivity contribution is 5.95. The molecule has 1 rings (SSSR count). The highest BCUT2D eigenvalue weighted by atomic mass is 16.6. The Morgan fingerprint density at radius 3 is 2.79 bits per heavy atom. The lowest BCUT2D eigenvalue weighted by molar-refractivity contribution is -0.383. The van der Waals surface area contributed by atoms with Crippen LogP contribution in [0.3, 0.4) is 0 Å². The van der Waals surface area contributed by atoms with Crippen LogP contribution < -0.4 is 11.1 Å². The number of carbonyl (C=O) groups excluding carboxylic acids is 1. The second-order valence-corrected chi connectivity index (χ2v) is 4.06. The van der Waals surface area contributed by atoms with Crippen LogP contribution in [0.1, 0.15) is 23.7 Å². The van der Waals surface area contributed by atoms with Crippen molar-refractivity contribution in [2.24, 2.45) is 0 Å². The Labute approximate surface area is 110 Å². The second-order valence-electron chi connectivity index (χ2n) is 4.06. The fourth-order valence-electron chi connectivity index (χ4n) is 1.57. The average molecular weight is 267 g/mol. The van der Waals surface area contributed by atoms with Crippen molar-refractivity contribution in [2.45, 2.75) is 19.4 Å². The first-order valence-electron chi connectivity index (χ1n) is 5.83. The number of nitrogens with two attached hydrogens (primary N) is 1. The zero-order valence-corrected chi connectivity index (χ0v) is 10.9. The Morgan fingerprint density at radius 1 is 1.58 bits per heavy atom. The normalized spacial score (nSPS) is 11.9. The van der Waals surface area contributed by atoms with E-state index in [9.17, 15) is 14.9 Å². The summed E-state index contributed by atoms with van der Waals surface area (Å²) in [6.45, 7) is 2.30. The van der Waals surface area contributed by atoms with Crippen LogP contribution >= 0.6 is 0 Å². The molecule has 0 spiro atoms. The zero-order valence-electron chi connectivity index (χ0n) is 10.9. The molecule has 7 heteroatoms. The first kappa shape index (κ1) is 14.9. The SMILES string of the molecule is CCC(COC)NC(=O)c1ccc(N)c([N+](=O)[O-])c1. The van der Waals surface area contributed by atoms with E-state index in [1.54, 1.807) is 7.11 Å². The molecule has 7 nitrogen and oxygen atoms in total. The van der Waals surface area contributed by atoms with Crippen LogP contribution in [0.5, 0.6) is 0 Å². The van der Waals surface area contributed by atoms with Gasteiger partial charge in [-0.2, -0.15) is 0 Å². The number of hydrogen-bond donors (Lipinski definition) is 2. The van der Waals surface area contributed by atoms with Crippen LogP contribution in [0.4, 0.5) is 11.4 Å². The molecular weight excluding hydrogens is 250 g/mol. The Hall–Kier alpha value is -2.15. The Kier molecular flexibility index (Phi) is 5.25. The molecule has 104 valence electrons. The standard InChI is InChI=1S/C12H17N3O4/c1-3-9(7-19-2)14-12(16)8-4-5-10(13)11(6-8)15(17)18/h4-6,9H,3,7,13H2,1-2H3,(H,14,16). The molecule has 0 heterocycles. The Balaban J connectivity index is 2.88. The third-order valence-corrected chi connectivity index (χ3v) is 2.69. The average Bonchev–Trinajstić information content (AvgIpc) is 2.38. The third kappa shape index (κ3) is 3.92. The second kappa shape index (κ2) is 6.69. The molecule has 1 aromatic carbocycles. The van der Waals surface area contributed by atoms with Gasteiger partial charge >= 0.3 is 0 Å². The van der Waals surface area contributed by atoms with Gasteiger partial charge in [0.05, 0.1) is 17.6 Å². The predicted octanol–water partition coefficient (Wildman–Crippen LogP) is 1.33. The number of nitrogen functional groups attached to an aromatic ring is 1. The van der Waals surface area contributed by atoms with Gasteiger partial charge in [0.2, 0.25) is 0 Å². The molecule has 0 radical (unpaired) electrons. The van der Waals surface area contributed by atoms with Gasteiger partial charge in [-0.3, -0.25) is 14.9 Å². The lowest BCUT2D eigenvalue weighted by Gasteiger charge is -2.15. The van der Waals surface area contributed by atoms with Gasteiger partial charge in [0, 0.05) is 18.7 Å². The predicted molar refractivity (Wildman–Crippen MR) is 70.9 cm³/mol. The number of nitro groups is 1. The summed E-state index contributed by atoms with van der Waals surface area (Å²) in [6.07, 6.45) is 0.705. The van der Waals surface area contributed by atoms with Crippen molar-refractivity contribution in [1.82, 2.24) is 5.32 Å². The summed E-state index contributed by atoms with van der Waals surface area (Å²) in [7, 11) is 1.54. The van der Waals surface area contributed by atoms with Gasteiger partial charge in [-0.25, -0.2) is 0 Å². The number of nitro benzene ring substituents is 1. The first-order chi connectivity index (χ1) is 8.99. The van der Waals surface area contributed by atoms with Crippen molar-refractivity contribution in [3.05, 3.63) is 33.9 Å². The van der Waals surface area contributed by atoms with Crippen LogP contribution in [0.2, 0.25) is 0 Å². The molecule has 0 aliphatic heterocycles. The molecule has 19 heavy (non-hydrogen) atoms. The van der Waals surface area contributed by atoms with E-state index >= 15 is 0 Å². The molecule has 0 fully saturated rings. The quantitative estimate of drug-likeness (QED) is 0.459. The molecule has 1 aromatic rings. The van der Waals surface area contributed by atoms with Gasteiger partial charge in [-0.1, -0.05) is 6.92 Å². The number of benzene rings is 1. The largest absolute Gasteiger partial charge is 0.393 e.